The molecule has 1 heterocycles. The summed E-state index contributed by atoms with van der Waals surface area (Å²) in [6, 6.07) is 12.2. The highest BCUT2D eigenvalue weighted by atomic mass is 35.5. The monoisotopic (exact) mass is 449 g/mol. The number of anilines is 1. The van der Waals surface area contributed by atoms with Gasteiger partial charge in [0, 0.05) is 51.5 Å². The Morgan fingerprint density at radius 1 is 1.00 bits per heavy atom. The lowest BCUT2D eigenvalue weighted by Gasteiger charge is -2.31. The molecule has 0 aromatic heterocycles. The molecule has 1 aliphatic rings. The molecule has 1 saturated heterocycles. The van der Waals surface area contributed by atoms with Gasteiger partial charge in [0.05, 0.1) is 10.5 Å². The van der Waals surface area contributed by atoms with Crippen LogP contribution in [0, 0.1) is 0 Å². The van der Waals surface area contributed by atoms with E-state index < -0.39 is 10.0 Å². The van der Waals surface area contributed by atoms with E-state index in [1.807, 2.05) is 12.1 Å². The summed E-state index contributed by atoms with van der Waals surface area (Å²) in [6.07, 6.45) is 3.29. The molecule has 0 spiro atoms. The summed E-state index contributed by atoms with van der Waals surface area (Å²) < 4.78 is 26.5. The van der Waals surface area contributed by atoms with Gasteiger partial charge in [-0.1, -0.05) is 23.7 Å². The first-order chi connectivity index (χ1) is 14.2. The number of nitrogens with zero attached hydrogens (tertiary/aromatic N) is 3. The molecule has 2 aromatic carbocycles. The van der Waals surface area contributed by atoms with Crippen molar-refractivity contribution in [3.8, 4) is 0 Å². The topological polar surface area (TPSA) is 60.9 Å². The number of rotatable bonds is 6. The quantitative estimate of drug-likeness (QED) is 0.672. The van der Waals surface area contributed by atoms with Crippen molar-refractivity contribution in [3.63, 3.8) is 0 Å². The SMILES string of the molecule is CN(Cc1ccc(Cl)cc1)C(=O)c1cc(S(=O)(=O)N(C)C)ccc1N1CCCCC1. The molecule has 1 fully saturated rings. The minimum absolute atomic E-state index is 0.122. The van der Waals surface area contributed by atoms with Crippen LogP contribution in [0.5, 0.6) is 0 Å². The van der Waals surface area contributed by atoms with Crippen molar-refractivity contribution < 1.29 is 13.2 Å². The summed E-state index contributed by atoms with van der Waals surface area (Å²) in [5.74, 6) is -0.207. The lowest BCUT2D eigenvalue weighted by Crippen LogP contribution is -2.33. The number of sulfonamides is 1. The Kier molecular flexibility index (Phi) is 7.06. The molecule has 0 bridgehead atoms. The van der Waals surface area contributed by atoms with E-state index in [9.17, 15) is 13.2 Å². The third-order valence-corrected chi connectivity index (χ3v) is 7.42. The second kappa shape index (κ2) is 9.37. The van der Waals surface area contributed by atoms with Crippen LogP contribution < -0.4 is 4.90 Å². The van der Waals surface area contributed by atoms with Gasteiger partial charge in [0.2, 0.25) is 10.0 Å². The maximum absolute atomic E-state index is 13.4. The molecular formula is C22H28ClN3O3S. The summed E-state index contributed by atoms with van der Waals surface area (Å²) in [5.41, 5.74) is 2.16. The van der Waals surface area contributed by atoms with Crippen LogP contribution in [0.4, 0.5) is 5.69 Å². The van der Waals surface area contributed by atoms with Crippen LogP contribution in [-0.2, 0) is 16.6 Å². The van der Waals surface area contributed by atoms with E-state index in [1.54, 1.807) is 36.2 Å². The first-order valence-corrected chi connectivity index (χ1v) is 11.8. The Balaban J connectivity index is 1.97. The first-order valence-electron chi connectivity index (χ1n) is 10.0. The van der Waals surface area contributed by atoms with Crippen molar-refractivity contribution in [2.75, 3.05) is 39.1 Å². The molecule has 1 amide bonds. The summed E-state index contributed by atoms with van der Waals surface area (Å²) in [6.45, 7) is 2.13. The molecule has 6 nitrogen and oxygen atoms in total. The van der Waals surface area contributed by atoms with Crippen molar-refractivity contribution in [1.82, 2.24) is 9.21 Å². The predicted molar refractivity (Wildman–Crippen MR) is 121 cm³/mol. The Labute approximate surface area is 184 Å². The maximum Gasteiger partial charge on any atom is 0.256 e. The molecular weight excluding hydrogens is 422 g/mol. The fraction of sp³-hybridized carbons (Fsp3) is 0.409. The van der Waals surface area contributed by atoms with Crippen LogP contribution in [-0.4, -0.2) is 57.8 Å². The van der Waals surface area contributed by atoms with Crippen molar-refractivity contribution in [3.05, 3.63) is 58.6 Å². The Morgan fingerprint density at radius 3 is 2.23 bits per heavy atom. The molecule has 8 heteroatoms. The number of benzene rings is 2. The molecule has 0 radical (unpaired) electrons. The zero-order valence-corrected chi connectivity index (χ0v) is 19.2. The molecule has 0 atom stereocenters. The van der Waals surface area contributed by atoms with Gasteiger partial charge >= 0.3 is 0 Å². The zero-order chi connectivity index (χ0) is 21.9. The van der Waals surface area contributed by atoms with Crippen LogP contribution >= 0.6 is 11.6 Å². The molecule has 162 valence electrons. The molecule has 0 aliphatic carbocycles. The number of hydrogen-bond donors (Lipinski definition) is 0. The Hall–Kier alpha value is -2.09. The highest BCUT2D eigenvalue weighted by molar-refractivity contribution is 7.89. The standard InChI is InChI=1S/C22H28ClN3O3S/c1-24(2)30(28,29)19-11-12-21(26-13-5-4-6-14-26)20(15-19)22(27)25(3)16-17-7-9-18(23)10-8-17/h7-12,15H,4-6,13-14,16H2,1-3H3. The predicted octanol–water partition coefficient (Wildman–Crippen LogP) is 3.85. The van der Waals surface area contributed by atoms with Crippen molar-refractivity contribution >= 4 is 33.2 Å². The van der Waals surface area contributed by atoms with E-state index in [1.165, 1.54) is 26.6 Å². The summed E-state index contributed by atoms with van der Waals surface area (Å²) in [7, 11) is 1.06. The zero-order valence-electron chi connectivity index (χ0n) is 17.6. The smallest absolute Gasteiger partial charge is 0.256 e. The normalized spacial score (nSPS) is 14.8. The highest BCUT2D eigenvalue weighted by Crippen LogP contribution is 2.29. The molecule has 30 heavy (non-hydrogen) atoms. The van der Waals surface area contributed by atoms with Crippen LogP contribution in [0.1, 0.15) is 35.2 Å². The molecule has 0 N–H and O–H groups in total. The summed E-state index contributed by atoms with van der Waals surface area (Å²) in [5, 5.41) is 0.640. The van der Waals surface area contributed by atoms with Gasteiger partial charge in [-0.15, -0.1) is 0 Å². The van der Waals surface area contributed by atoms with E-state index in [-0.39, 0.29) is 10.8 Å². The van der Waals surface area contributed by atoms with Crippen LogP contribution in [0.25, 0.3) is 0 Å². The van der Waals surface area contributed by atoms with Crippen LogP contribution in [0.2, 0.25) is 5.02 Å². The van der Waals surface area contributed by atoms with Gasteiger partial charge in [-0.3, -0.25) is 4.79 Å². The number of piperidine rings is 1. The lowest BCUT2D eigenvalue weighted by molar-refractivity contribution is 0.0785. The molecule has 0 unspecified atom stereocenters. The van der Waals surface area contributed by atoms with Crippen LogP contribution in [0.15, 0.2) is 47.4 Å². The van der Waals surface area contributed by atoms with Gasteiger partial charge in [-0.2, -0.15) is 0 Å². The van der Waals surface area contributed by atoms with Gasteiger partial charge in [0.1, 0.15) is 0 Å². The van der Waals surface area contributed by atoms with Crippen LogP contribution in [0.3, 0.4) is 0 Å². The first kappa shape index (κ1) is 22.6. The number of hydrogen-bond acceptors (Lipinski definition) is 4. The molecule has 3 rings (SSSR count). The van der Waals surface area contributed by atoms with E-state index in [2.05, 4.69) is 4.90 Å². The third-order valence-electron chi connectivity index (χ3n) is 5.35. The minimum atomic E-state index is -3.64. The average Bonchev–Trinajstić information content (AvgIpc) is 2.74. The highest BCUT2D eigenvalue weighted by Gasteiger charge is 2.25. The summed E-state index contributed by atoms with van der Waals surface area (Å²) >= 11 is 5.95. The van der Waals surface area contributed by atoms with E-state index in [4.69, 9.17) is 11.6 Å². The minimum Gasteiger partial charge on any atom is -0.371 e. The molecule has 1 aliphatic heterocycles. The van der Waals surface area contributed by atoms with Gasteiger partial charge in [0.25, 0.3) is 5.91 Å². The fourth-order valence-corrected chi connectivity index (χ4v) is 4.66. The van der Waals surface area contributed by atoms with E-state index in [0.29, 0.717) is 17.1 Å². The van der Waals surface area contributed by atoms with Gasteiger partial charge in [-0.25, -0.2) is 12.7 Å². The Bertz CT molecular complexity index is 1000. The number of amides is 1. The lowest BCUT2D eigenvalue weighted by atomic mass is 10.1. The van der Waals surface area contributed by atoms with Gasteiger partial charge < -0.3 is 9.80 Å². The fourth-order valence-electron chi connectivity index (χ4n) is 3.61. The van der Waals surface area contributed by atoms with Gasteiger partial charge in [-0.05, 0) is 55.2 Å². The van der Waals surface area contributed by atoms with Gasteiger partial charge in [0.15, 0.2) is 0 Å². The third kappa shape index (κ3) is 4.96. The van der Waals surface area contributed by atoms with E-state index >= 15 is 0 Å². The molecule has 2 aromatic rings. The number of carbonyl (C=O) groups excluding carboxylic acids is 1. The largest absolute Gasteiger partial charge is 0.371 e. The van der Waals surface area contributed by atoms with Crippen molar-refractivity contribution in [2.45, 2.75) is 30.7 Å². The van der Waals surface area contributed by atoms with Crippen molar-refractivity contribution in [1.29, 1.82) is 0 Å². The Morgan fingerprint density at radius 2 is 1.63 bits per heavy atom. The second-order valence-electron chi connectivity index (χ2n) is 7.80. The summed E-state index contributed by atoms with van der Waals surface area (Å²) in [4.78, 5) is 17.3. The van der Waals surface area contributed by atoms with Crippen molar-refractivity contribution in [2.24, 2.45) is 0 Å². The number of halogens is 1. The average molecular weight is 450 g/mol. The number of carbonyl (C=O) groups is 1. The maximum atomic E-state index is 13.4. The molecule has 0 saturated carbocycles. The van der Waals surface area contributed by atoms with E-state index in [0.717, 1.165) is 41.5 Å². The second-order valence-corrected chi connectivity index (χ2v) is 10.4.